The minimum absolute atomic E-state index is 0.0340. The molecule has 9 heteroatoms. The third kappa shape index (κ3) is 5.97. The van der Waals surface area contributed by atoms with Crippen LogP contribution >= 0.6 is 11.6 Å². The van der Waals surface area contributed by atoms with Gasteiger partial charge in [-0.25, -0.2) is 4.98 Å². The summed E-state index contributed by atoms with van der Waals surface area (Å²) in [4.78, 5) is 36.9. The molecule has 0 atom stereocenters. The van der Waals surface area contributed by atoms with Crippen molar-refractivity contribution in [1.82, 2.24) is 24.3 Å². The summed E-state index contributed by atoms with van der Waals surface area (Å²) in [5.74, 6) is 1.59. The summed E-state index contributed by atoms with van der Waals surface area (Å²) in [6.07, 6.45) is 0.920. The number of fused-ring (bicyclic) bond motifs is 1. The molecule has 3 heterocycles. The number of nitrogens with one attached hydrogen (secondary N) is 1. The Bertz CT molecular complexity index is 1260. The second-order valence-corrected chi connectivity index (χ2v) is 10.2. The quantitative estimate of drug-likeness (QED) is 0.536. The minimum atomic E-state index is -0.0340. The lowest BCUT2D eigenvalue weighted by molar-refractivity contribution is -0.128. The molecule has 3 aromatic rings. The van der Waals surface area contributed by atoms with Crippen molar-refractivity contribution in [3.8, 4) is 0 Å². The number of hydrogen-bond acceptors (Lipinski definition) is 5. The van der Waals surface area contributed by atoms with Gasteiger partial charge in [0.25, 0.3) is 5.91 Å². The number of carbonyl (C=O) groups is 2. The van der Waals surface area contributed by atoms with Gasteiger partial charge in [0.1, 0.15) is 5.82 Å². The van der Waals surface area contributed by atoms with Crippen LogP contribution in [0.4, 0.5) is 5.82 Å². The van der Waals surface area contributed by atoms with Crippen LogP contribution in [0.1, 0.15) is 40.8 Å². The number of rotatable bonds is 6. The van der Waals surface area contributed by atoms with Crippen LogP contribution in [0.25, 0.3) is 0 Å². The van der Waals surface area contributed by atoms with Gasteiger partial charge in [-0.3, -0.25) is 14.5 Å². The van der Waals surface area contributed by atoms with Gasteiger partial charge in [0.2, 0.25) is 5.91 Å². The molecule has 0 aliphatic carbocycles. The van der Waals surface area contributed by atoms with E-state index in [1.54, 1.807) is 6.92 Å². The molecule has 37 heavy (non-hydrogen) atoms. The number of benzene rings is 2. The molecular formula is C28H33ClN6O2. The second kappa shape index (κ2) is 11.4. The zero-order valence-electron chi connectivity index (χ0n) is 21.2. The molecule has 0 radical (unpaired) electrons. The molecule has 1 aromatic heterocycles. The van der Waals surface area contributed by atoms with Crippen LogP contribution in [0.2, 0.25) is 5.02 Å². The molecule has 0 unspecified atom stereocenters. The summed E-state index contributed by atoms with van der Waals surface area (Å²) in [6.45, 7) is 7.65. The Hall–Kier alpha value is -3.36. The number of anilines is 1. The molecular weight excluding hydrogens is 488 g/mol. The molecule has 1 saturated heterocycles. The molecule has 2 amide bonds. The van der Waals surface area contributed by atoms with Crippen molar-refractivity contribution in [2.45, 2.75) is 33.0 Å². The summed E-state index contributed by atoms with van der Waals surface area (Å²) >= 11 is 6.21. The fourth-order valence-electron chi connectivity index (χ4n) is 5.11. The fraction of sp³-hybridized carbons (Fsp3) is 0.393. The first-order valence-corrected chi connectivity index (χ1v) is 13.2. The van der Waals surface area contributed by atoms with Crippen LogP contribution in [-0.2, 0) is 24.4 Å². The van der Waals surface area contributed by atoms with Gasteiger partial charge in [-0.2, -0.15) is 0 Å². The Morgan fingerprint density at radius 3 is 2.54 bits per heavy atom. The fourth-order valence-corrected chi connectivity index (χ4v) is 5.32. The van der Waals surface area contributed by atoms with Crippen molar-refractivity contribution in [3.63, 3.8) is 0 Å². The molecule has 5 rings (SSSR count). The van der Waals surface area contributed by atoms with E-state index in [2.05, 4.69) is 26.9 Å². The zero-order chi connectivity index (χ0) is 25.8. The van der Waals surface area contributed by atoms with Crippen molar-refractivity contribution < 1.29 is 9.59 Å². The third-order valence-corrected chi connectivity index (χ3v) is 7.29. The van der Waals surface area contributed by atoms with Gasteiger partial charge in [0.15, 0.2) is 11.5 Å². The molecule has 2 aromatic carbocycles. The summed E-state index contributed by atoms with van der Waals surface area (Å²) in [6, 6.07) is 17.8. The van der Waals surface area contributed by atoms with Crippen molar-refractivity contribution in [2.24, 2.45) is 0 Å². The predicted molar refractivity (Wildman–Crippen MR) is 145 cm³/mol. The highest BCUT2D eigenvalue weighted by atomic mass is 35.5. The van der Waals surface area contributed by atoms with Crippen LogP contribution in [-0.4, -0.2) is 75.3 Å². The number of hydrogen-bond donors (Lipinski definition) is 1. The number of halogens is 1. The first-order valence-electron chi connectivity index (χ1n) is 12.9. The highest BCUT2D eigenvalue weighted by molar-refractivity contribution is 6.30. The van der Waals surface area contributed by atoms with E-state index in [0.717, 1.165) is 43.0 Å². The van der Waals surface area contributed by atoms with Gasteiger partial charge in [-0.1, -0.05) is 54.1 Å². The zero-order valence-corrected chi connectivity index (χ0v) is 22.0. The van der Waals surface area contributed by atoms with Gasteiger partial charge in [-0.15, -0.1) is 0 Å². The first kappa shape index (κ1) is 25.3. The van der Waals surface area contributed by atoms with E-state index in [1.807, 2.05) is 52.3 Å². The van der Waals surface area contributed by atoms with Gasteiger partial charge < -0.3 is 19.7 Å². The topological polar surface area (TPSA) is 73.7 Å². The Labute approximate surface area is 222 Å². The highest BCUT2D eigenvalue weighted by Crippen LogP contribution is 2.26. The number of amides is 2. The van der Waals surface area contributed by atoms with Crippen molar-refractivity contribution >= 4 is 29.2 Å². The maximum absolute atomic E-state index is 13.9. The molecule has 8 nitrogen and oxygen atoms in total. The Kier molecular flexibility index (Phi) is 7.76. The maximum atomic E-state index is 13.9. The minimum Gasteiger partial charge on any atom is -0.366 e. The SMILES string of the molecule is CC(=O)N1CCCN(Cc2nc3c(n2Cc2ccccc2)C(=O)N(Cc2cccc(Cl)c2)CCN3)CC1. The van der Waals surface area contributed by atoms with E-state index in [4.69, 9.17) is 16.6 Å². The van der Waals surface area contributed by atoms with Crippen molar-refractivity contribution in [2.75, 3.05) is 44.6 Å². The number of aromatic nitrogens is 2. The third-order valence-electron chi connectivity index (χ3n) is 7.06. The van der Waals surface area contributed by atoms with Crippen LogP contribution in [0.3, 0.4) is 0 Å². The Balaban J connectivity index is 1.45. The van der Waals surface area contributed by atoms with E-state index in [0.29, 0.717) is 55.8 Å². The van der Waals surface area contributed by atoms with Crippen LogP contribution in [0, 0.1) is 0 Å². The normalized spacial score (nSPS) is 16.6. The molecule has 0 spiro atoms. The Morgan fingerprint density at radius 1 is 0.946 bits per heavy atom. The van der Waals surface area contributed by atoms with E-state index in [1.165, 1.54) is 0 Å². The molecule has 194 valence electrons. The standard InChI is InChI=1S/C28H33ClN6O2/c1-21(36)33-13-6-12-32(15-16-33)20-25-31-27-26(35(25)19-22-7-3-2-4-8-22)28(37)34(14-11-30-27)18-23-9-5-10-24(29)17-23/h2-5,7-10,17,30H,6,11-16,18-20H2,1H3. The van der Waals surface area contributed by atoms with Gasteiger partial charge >= 0.3 is 0 Å². The molecule has 1 fully saturated rings. The molecule has 2 aliphatic rings. The average Bonchev–Trinajstić information content (AvgIpc) is 3.01. The number of imidazole rings is 1. The van der Waals surface area contributed by atoms with Gasteiger partial charge in [0.05, 0.1) is 6.54 Å². The second-order valence-electron chi connectivity index (χ2n) is 9.72. The van der Waals surface area contributed by atoms with Gasteiger partial charge in [0, 0.05) is 64.3 Å². The average molecular weight is 521 g/mol. The summed E-state index contributed by atoms with van der Waals surface area (Å²) in [5.41, 5.74) is 2.71. The van der Waals surface area contributed by atoms with Crippen LogP contribution < -0.4 is 5.32 Å². The van der Waals surface area contributed by atoms with Crippen LogP contribution in [0.15, 0.2) is 54.6 Å². The van der Waals surface area contributed by atoms with E-state index >= 15 is 0 Å². The monoisotopic (exact) mass is 520 g/mol. The number of nitrogens with zero attached hydrogens (tertiary/aromatic N) is 5. The predicted octanol–water partition coefficient (Wildman–Crippen LogP) is 3.71. The summed E-state index contributed by atoms with van der Waals surface area (Å²) in [5, 5.41) is 4.07. The lowest BCUT2D eigenvalue weighted by Crippen LogP contribution is -2.35. The van der Waals surface area contributed by atoms with E-state index in [9.17, 15) is 9.59 Å². The summed E-state index contributed by atoms with van der Waals surface area (Å²) < 4.78 is 2.07. The van der Waals surface area contributed by atoms with Crippen LogP contribution in [0.5, 0.6) is 0 Å². The lowest BCUT2D eigenvalue weighted by atomic mass is 10.2. The maximum Gasteiger partial charge on any atom is 0.274 e. The number of carbonyl (C=O) groups excluding carboxylic acids is 2. The lowest BCUT2D eigenvalue weighted by Gasteiger charge is -2.23. The molecule has 0 saturated carbocycles. The van der Waals surface area contributed by atoms with Gasteiger partial charge in [-0.05, 0) is 29.7 Å². The highest BCUT2D eigenvalue weighted by Gasteiger charge is 2.30. The molecule has 1 N–H and O–H groups in total. The van der Waals surface area contributed by atoms with Crippen molar-refractivity contribution in [1.29, 1.82) is 0 Å². The molecule has 2 aliphatic heterocycles. The summed E-state index contributed by atoms with van der Waals surface area (Å²) in [7, 11) is 0. The Morgan fingerprint density at radius 2 is 1.76 bits per heavy atom. The first-order chi connectivity index (χ1) is 18.0. The van der Waals surface area contributed by atoms with Crippen molar-refractivity contribution in [3.05, 3.63) is 82.3 Å². The largest absolute Gasteiger partial charge is 0.366 e. The smallest absolute Gasteiger partial charge is 0.274 e. The molecule has 0 bridgehead atoms. The van der Waals surface area contributed by atoms with E-state index < -0.39 is 0 Å². The van der Waals surface area contributed by atoms with E-state index in [-0.39, 0.29) is 11.8 Å².